The van der Waals surface area contributed by atoms with Crippen LogP contribution >= 0.6 is 11.3 Å². The molecule has 3 aromatic rings. The predicted octanol–water partition coefficient (Wildman–Crippen LogP) is 3.24. The topological polar surface area (TPSA) is 75.4 Å². The first-order valence-electron chi connectivity index (χ1n) is 7.70. The van der Waals surface area contributed by atoms with E-state index in [0.717, 1.165) is 5.01 Å². The van der Waals surface area contributed by atoms with Crippen molar-refractivity contribution in [3.63, 3.8) is 0 Å². The van der Waals surface area contributed by atoms with Crippen LogP contribution < -0.4 is 5.32 Å². The number of hydrogen-bond donors (Lipinski definition) is 1. The first-order chi connectivity index (χ1) is 12.0. The molecule has 25 heavy (non-hydrogen) atoms. The molecule has 0 saturated carbocycles. The van der Waals surface area contributed by atoms with Crippen molar-refractivity contribution < 1.29 is 18.4 Å². The number of carbonyl (C=O) groups excluding carboxylic acids is 2. The summed E-state index contributed by atoms with van der Waals surface area (Å²) in [5.74, 6) is -0.452. The number of aryl methyl sites for hydroxylation is 1. The number of halogens is 1. The molecule has 6 nitrogen and oxygen atoms in total. The van der Waals surface area contributed by atoms with Gasteiger partial charge in [0.2, 0.25) is 0 Å². The molecule has 0 bridgehead atoms. The summed E-state index contributed by atoms with van der Waals surface area (Å²) >= 11 is 1.41. The summed E-state index contributed by atoms with van der Waals surface area (Å²) in [4.78, 5) is 29.9. The van der Waals surface area contributed by atoms with E-state index >= 15 is 0 Å². The SMILES string of the molecule is Cc1nc(C(=O)Nc2ccc3oc(C(=O)N4CC(F)C4)cc3c2)cs1. The highest BCUT2D eigenvalue weighted by molar-refractivity contribution is 7.09. The Hall–Kier alpha value is -2.74. The van der Waals surface area contributed by atoms with E-state index in [0.29, 0.717) is 22.4 Å². The van der Waals surface area contributed by atoms with Gasteiger partial charge < -0.3 is 14.6 Å². The monoisotopic (exact) mass is 359 g/mol. The Morgan fingerprint density at radius 1 is 1.36 bits per heavy atom. The van der Waals surface area contributed by atoms with Gasteiger partial charge in [-0.15, -0.1) is 11.3 Å². The molecule has 0 atom stereocenters. The third kappa shape index (κ3) is 3.00. The summed E-state index contributed by atoms with van der Waals surface area (Å²) in [7, 11) is 0. The molecule has 3 heterocycles. The summed E-state index contributed by atoms with van der Waals surface area (Å²) in [5.41, 5.74) is 1.48. The number of thiazole rings is 1. The number of rotatable bonds is 3. The lowest BCUT2D eigenvalue weighted by Gasteiger charge is -2.33. The Balaban J connectivity index is 1.54. The van der Waals surface area contributed by atoms with Crippen LogP contribution in [0.2, 0.25) is 0 Å². The van der Waals surface area contributed by atoms with Gasteiger partial charge in [0.15, 0.2) is 5.76 Å². The standard InChI is InChI=1S/C17H14FN3O3S/c1-9-19-13(8-25-9)16(22)20-12-2-3-14-10(4-12)5-15(24-14)17(23)21-6-11(18)7-21/h2-5,8,11H,6-7H2,1H3,(H,20,22). The van der Waals surface area contributed by atoms with E-state index in [1.54, 1.807) is 29.6 Å². The maximum absolute atomic E-state index is 12.9. The molecule has 0 unspecified atom stereocenters. The summed E-state index contributed by atoms with van der Waals surface area (Å²) < 4.78 is 18.4. The molecule has 4 rings (SSSR count). The van der Waals surface area contributed by atoms with Crippen LogP contribution in [0.4, 0.5) is 10.1 Å². The number of anilines is 1. The summed E-state index contributed by atoms with van der Waals surface area (Å²) in [6.07, 6.45) is -0.954. The zero-order chi connectivity index (χ0) is 17.6. The Labute approximate surface area is 146 Å². The maximum Gasteiger partial charge on any atom is 0.289 e. The second-order valence-electron chi connectivity index (χ2n) is 5.88. The number of hydrogen-bond acceptors (Lipinski definition) is 5. The van der Waals surface area contributed by atoms with Crippen LogP contribution in [0.1, 0.15) is 26.1 Å². The number of likely N-dealkylation sites (tertiary alicyclic amines) is 1. The molecule has 2 amide bonds. The summed E-state index contributed by atoms with van der Waals surface area (Å²) in [6.45, 7) is 2.04. The zero-order valence-electron chi connectivity index (χ0n) is 13.3. The van der Waals surface area contributed by atoms with Gasteiger partial charge in [-0.3, -0.25) is 9.59 Å². The van der Waals surface area contributed by atoms with Crippen LogP contribution in [-0.4, -0.2) is 41.0 Å². The molecule has 1 saturated heterocycles. The molecular formula is C17H14FN3O3S. The molecule has 1 aliphatic heterocycles. The van der Waals surface area contributed by atoms with Crippen LogP contribution in [-0.2, 0) is 0 Å². The first-order valence-corrected chi connectivity index (χ1v) is 8.58. The fourth-order valence-corrected chi connectivity index (χ4v) is 3.23. The zero-order valence-corrected chi connectivity index (χ0v) is 14.1. The van der Waals surface area contributed by atoms with Crippen molar-refractivity contribution in [2.45, 2.75) is 13.1 Å². The quantitative estimate of drug-likeness (QED) is 0.779. The second kappa shape index (κ2) is 5.96. The lowest BCUT2D eigenvalue weighted by Crippen LogP contribution is -2.51. The van der Waals surface area contributed by atoms with E-state index in [9.17, 15) is 14.0 Å². The van der Waals surface area contributed by atoms with Gasteiger partial charge in [-0.25, -0.2) is 9.37 Å². The number of nitrogens with one attached hydrogen (secondary N) is 1. The number of fused-ring (bicyclic) bond motifs is 1. The predicted molar refractivity (Wildman–Crippen MR) is 91.8 cm³/mol. The van der Waals surface area contributed by atoms with Crippen molar-refractivity contribution in [2.75, 3.05) is 18.4 Å². The largest absolute Gasteiger partial charge is 0.451 e. The van der Waals surface area contributed by atoms with E-state index in [2.05, 4.69) is 10.3 Å². The number of furan rings is 1. The first kappa shape index (κ1) is 15.8. The Kier molecular flexibility index (Phi) is 3.76. The summed E-state index contributed by atoms with van der Waals surface area (Å²) in [6, 6.07) is 6.70. The van der Waals surface area contributed by atoms with Crippen LogP contribution in [0.25, 0.3) is 11.0 Å². The minimum Gasteiger partial charge on any atom is -0.451 e. The Morgan fingerprint density at radius 3 is 2.84 bits per heavy atom. The number of carbonyl (C=O) groups is 2. The molecule has 0 spiro atoms. The van der Waals surface area contributed by atoms with Crippen molar-refractivity contribution in [2.24, 2.45) is 0 Å². The molecule has 1 fully saturated rings. The third-order valence-corrected chi connectivity index (χ3v) is 4.73. The van der Waals surface area contributed by atoms with Crippen molar-refractivity contribution in [3.8, 4) is 0 Å². The lowest BCUT2D eigenvalue weighted by molar-refractivity contribution is 0.0373. The van der Waals surface area contributed by atoms with Crippen LogP contribution in [0.3, 0.4) is 0 Å². The van der Waals surface area contributed by atoms with Gasteiger partial charge >= 0.3 is 0 Å². The number of benzene rings is 1. The molecule has 8 heteroatoms. The van der Waals surface area contributed by atoms with Crippen molar-refractivity contribution in [1.82, 2.24) is 9.88 Å². The van der Waals surface area contributed by atoms with Gasteiger partial charge in [-0.2, -0.15) is 0 Å². The van der Waals surface area contributed by atoms with Crippen molar-refractivity contribution >= 4 is 39.8 Å². The molecular weight excluding hydrogens is 345 g/mol. The summed E-state index contributed by atoms with van der Waals surface area (Å²) in [5, 5.41) is 5.98. The van der Waals surface area contributed by atoms with Crippen LogP contribution in [0.15, 0.2) is 34.1 Å². The Morgan fingerprint density at radius 2 is 2.16 bits per heavy atom. The molecule has 1 aliphatic rings. The van der Waals surface area contributed by atoms with E-state index < -0.39 is 6.17 Å². The number of amides is 2. The third-order valence-electron chi connectivity index (χ3n) is 3.96. The number of nitrogens with zero attached hydrogens (tertiary/aromatic N) is 2. The minimum atomic E-state index is -0.954. The highest BCUT2D eigenvalue weighted by Gasteiger charge is 2.32. The fourth-order valence-electron chi connectivity index (χ4n) is 2.64. The van der Waals surface area contributed by atoms with E-state index in [1.807, 2.05) is 6.92 Å². The van der Waals surface area contributed by atoms with Gasteiger partial charge in [-0.1, -0.05) is 0 Å². The molecule has 0 aliphatic carbocycles. The molecule has 1 N–H and O–H groups in total. The molecule has 1 aromatic carbocycles. The highest BCUT2D eigenvalue weighted by atomic mass is 32.1. The molecule has 2 aromatic heterocycles. The Bertz CT molecular complexity index is 975. The van der Waals surface area contributed by atoms with E-state index in [-0.39, 0.29) is 30.7 Å². The normalized spacial score (nSPS) is 14.6. The molecule has 128 valence electrons. The average molecular weight is 359 g/mol. The number of aromatic nitrogens is 1. The smallest absolute Gasteiger partial charge is 0.289 e. The van der Waals surface area contributed by atoms with Gasteiger partial charge in [0, 0.05) is 16.5 Å². The number of alkyl halides is 1. The highest BCUT2D eigenvalue weighted by Crippen LogP contribution is 2.26. The minimum absolute atomic E-state index is 0.101. The van der Waals surface area contributed by atoms with E-state index in [1.165, 1.54) is 16.2 Å². The maximum atomic E-state index is 12.9. The van der Waals surface area contributed by atoms with Gasteiger partial charge in [0.25, 0.3) is 11.8 Å². The van der Waals surface area contributed by atoms with Crippen LogP contribution in [0.5, 0.6) is 0 Å². The van der Waals surface area contributed by atoms with Crippen molar-refractivity contribution in [1.29, 1.82) is 0 Å². The average Bonchev–Trinajstić information content (AvgIpc) is 3.17. The fraction of sp³-hybridized carbons (Fsp3) is 0.235. The van der Waals surface area contributed by atoms with Crippen LogP contribution in [0, 0.1) is 6.92 Å². The van der Waals surface area contributed by atoms with Gasteiger partial charge in [0.05, 0.1) is 18.1 Å². The second-order valence-corrected chi connectivity index (χ2v) is 6.94. The van der Waals surface area contributed by atoms with Gasteiger partial charge in [0.1, 0.15) is 17.4 Å². The van der Waals surface area contributed by atoms with E-state index in [4.69, 9.17) is 4.42 Å². The van der Waals surface area contributed by atoms with Crippen molar-refractivity contribution in [3.05, 3.63) is 46.1 Å². The van der Waals surface area contributed by atoms with Gasteiger partial charge in [-0.05, 0) is 31.2 Å². The molecule has 0 radical (unpaired) electrons. The lowest BCUT2D eigenvalue weighted by atomic mass is 10.1.